The Morgan fingerprint density at radius 1 is 1.02 bits per heavy atom. The van der Waals surface area contributed by atoms with Crippen molar-refractivity contribution in [2.45, 2.75) is 50.3 Å². The fourth-order valence-corrected chi connectivity index (χ4v) is 6.21. The Hall–Kier alpha value is -3.92. The number of ether oxygens (including phenoxy) is 1. The quantitative estimate of drug-likeness (QED) is 0.525. The van der Waals surface area contributed by atoms with Crippen molar-refractivity contribution in [1.82, 2.24) is 30.3 Å². The predicted molar refractivity (Wildman–Crippen MR) is 145 cm³/mol. The first-order valence-corrected chi connectivity index (χ1v) is 14.0. The van der Waals surface area contributed by atoms with Crippen LogP contribution in [0.5, 0.6) is 5.75 Å². The third-order valence-corrected chi connectivity index (χ3v) is 8.43. The van der Waals surface area contributed by atoms with Gasteiger partial charge in [0.2, 0.25) is 5.91 Å². The fourth-order valence-electron chi connectivity index (χ4n) is 6.21. The van der Waals surface area contributed by atoms with Crippen LogP contribution in [0.15, 0.2) is 61.1 Å². The average molecular weight is 545 g/mol. The molecule has 5 heterocycles. The Balaban J connectivity index is 1.08. The van der Waals surface area contributed by atoms with E-state index in [4.69, 9.17) is 4.74 Å². The van der Waals surface area contributed by atoms with E-state index in [1.807, 2.05) is 11.0 Å². The van der Waals surface area contributed by atoms with Crippen LogP contribution in [0.1, 0.15) is 59.8 Å². The number of fused-ring (bicyclic) bond motifs is 1. The third-order valence-electron chi connectivity index (χ3n) is 8.43. The van der Waals surface area contributed by atoms with E-state index in [-0.39, 0.29) is 23.5 Å². The molecule has 1 aromatic carbocycles. The molecule has 1 atom stereocenters. The van der Waals surface area contributed by atoms with Gasteiger partial charge in [-0.3, -0.25) is 19.5 Å². The molecule has 9 nitrogen and oxygen atoms in total. The smallest absolute Gasteiger partial charge is 0.270 e. The molecule has 1 unspecified atom stereocenters. The number of pyridine rings is 1. The Morgan fingerprint density at radius 2 is 1.85 bits per heavy atom. The van der Waals surface area contributed by atoms with Crippen LogP contribution < -0.4 is 10.1 Å². The summed E-state index contributed by atoms with van der Waals surface area (Å²) in [6.07, 6.45) is 8.57. The molecule has 6 rings (SSSR count). The normalized spacial score (nSPS) is 20.9. The zero-order chi connectivity index (χ0) is 27.5. The third kappa shape index (κ3) is 5.67. The lowest BCUT2D eigenvalue weighted by Gasteiger charge is -2.47. The van der Waals surface area contributed by atoms with E-state index in [1.54, 1.807) is 42.9 Å². The summed E-state index contributed by atoms with van der Waals surface area (Å²) in [5.41, 5.74) is 1.53. The average Bonchev–Trinajstić information content (AvgIpc) is 2.99. The SMILES string of the molecule is O=C(NC1CC2(CCN(C(=O)C3CCN(Cc4ccnnc4)CC3)CC2)Oc2ccc(F)cc21)c1ccccn1. The zero-order valence-corrected chi connectivity index (χ0v) is 22.3. The number of aromatic nitrogens is 3. The molecule has 2 amide bonds. The molecule has 1 N–H and O–H groups in total. The van der Waals surface area contributed by atoms with Crippen LogP contribution in [-0.2, 0) is 11.3 Å². The van der Waals surface area contributed by atoms with E-state index in [0.717, 1.165) is 38.0 Å². The van der Waals surface area contributed by atoms with Crippen LogP contribution in [-0.4, -0.2) is 68.6 Å². The van der Waals surface area contributed by atoms with Crippen LogP contribution in [0.2, 0.25) is 0 Å². The molecule has 2 aromatic heterocycles. The Kier molecular flexibility index (Phi) is 7.42. The number of carbonyl (C=O) groups excluding carboxylic acids is 2. The van der Waals surface area contributed by atoms with Crippen molar-refractivity contribution >= 4 is 11.8 Å². The van der Waals surface area contributed by atoms with E-state index < -0.39 is 11.6 Å². The molecular formula is C30H33FN6O3. The van der Waals surface area contributed by atoms with Crippen LogP contribution >= 0.6 is 0 Å². The number of halogens is 1. The minimum Gasteiger partial charge on any atom is -0.487 e. The van der Waals surface area contributed by atoms with Gasteiger partial charge in [0, 0.05) is 62.8 Å². The summed E-state index contributed by atoms with van der Waals surface area (Å²) in [5.74, 6) is 0.146. The van der Waals surface area contributed by atoms with Gasteiger partial charge in [-0.05, 0) is 67.9 Å². The number of benzene rings is 1. The number of nitrogens with one attached hydrogen (secondary N) is 1. The lowest BCUT2D eigenvalue weighted by atomic mass is 9.80. The van der Waals surface area contributed by atoms with Crippen molar-refractivity contribution in [1.29, 1.82) is 0 Å². The maximum absolute atomic E-state index is 14.2. The summed E-state index contributed by atoms with van der Waals surface area (Å²) in [5, 5.41) is 10.8. The highest BCUT2D eigenvalue weighted by molar-refractivity contribution is 5.92. The van der Waals surface area contributed by atoms with Crippen molar-refractivity contribution in [2.75, 3.05) is 26.2 Å². The fraction of sp³-hybridized carbons (Fsp3) is 0.433. The minimum absolute atomic E-state index is 0.0299. The summed E-state index contributed by atoms with van der Waals surface area (Å²) in [4.78, 5) is 34.9. The topological polar surface area (TPSA) is 101 Å². The van der Waals surface area contributed by atoms with E-state index in [1.165, 1.54) is 12.1 Å². The second-order valence-electron chi connectivity index (χ2n) is 11.0. The van der Waals surface area contributed by atoms with E-state index in [0.29, 0.717) is 49.4 Å². The Bertz CT molecular complexity index is 1340. The number of likely N-dealkylation sites (tertiary alicyclic amines) is 2. The highest BCUT2D eigenvalue weighted by atomic mass is 19.1. The maximum atomic E-state index is 14.2. The van der Waals surface area contributed by atoms with Gasteiger partial charge in [0.15, 0.2) is 0 Å². The maximum Gasteiger partial charge on any atom is 0.270 e. The second-order valence-corrected chi connectivity index (χ2v) is 11.0. The first kappa shape index (κ1) is 26.3. The van der Waals surface area contributed by atoms with Gasteiger partial charge in [-0.15, -0.1) is 0 Å². The van der Waals surface area contributed by atoms with Crippen LogP contribution in [0, 0.1) is 11.7 Å². The second kappa shape index (κ2) is 11.3. The van der Waals surface area contributed by atoms with Gasteiger partial charge in [0.1, 0.15) is 22.9 Å². The number of hydrogen-bond donors (Lipinski definition) is 1. The van der Waals surface area contributed by atoms with Crippen molar-refractivity contribution in [3.8, 4) is 5.75 Å². The Morgan fingerprint density at radius 3 is 2.58 bits per heavy atom. The number of nitrogens with zero attached hydrogens (tertiary/aromatic N) is 5. The highest BCUT2D eigenvalue weighted by Crippen LogP contribution is 2.45. The minimum atomic E-state index is -0.536. The number of carbonyl (C=O) groups is 2. The molecule has 40 heavy (non-hydrogen) atoms. The van der Waals surface area contributed by atoms with Crippen molar-refractivity contribution in [3.63, 3.8) is 0 Å². The number of hydrogen-bond acceptors (Lipinski definition) is 7. The van der Waals surface area contributed by atoms with Crippen LogP contribution in [0.4, 0.5) is 4.39 Å². The molecule has 0 bridgehead atoms. The van der Waals surface area contributed by atoms with Gasteiger partial charge in [0.05, 0.1) is 12.2 Å². The molecule has 10 heteroatoms. The van der Waals surface area contributed by atoms with Crippen LogP contribution in [0.25, 0.3) is 0 Å². The molecule has 3 aromatic rings. The van der Waals surface area contributed by atoms with Crippen LogP contribution in [0.3, 0.4) is 0 Å². The van der Waals surface area contributed by atoms with Gasteiger partial charge in [-0.25, -0.2) is 4.39 Å². The first-order chi connectivity index (χ1) is 19.5. The zero-order valence-electron chi connectivity index (χ0n) is 22.3. The first-order valence-electron chi connectivity index (χ1n) is 14.0. The molecule has 0 aliphatic carbocycles. The van der Waals surface area contributed by atoms with Crippen molar-refractivity contribution < 1.29 is 18.7 Å². The van der Waals surface area contributed by atoms with Gasteiger partial charge >= 0.3 is 0 Å². The predicted octanol–water partition coefficient (Wildman–Crippen LogP) is 3.54. The summed E-state index contributed by atoms with van der Waals surface area (Å²) < 4.78 is 20.7. The van der Waals surface area contributed by atoms with Gasteiger partial charge in [-0.2, -0.15) is 10.2 Å². The molecule has 1 spiro atoms. The highest BCUT2D eigenvalue weighted by Gasteiger charge is 2.45. The number of amides is 2. The molecule has 208 valence electrons. The molecule has 2 fully saturated rings. The molecular weight excluding hydrogens is 511 g/mol. The largest absolute Gasteiger partial charge is 0.487 e. The van der Waals surface area contributed by atoms with Gasteiger partial charge in [0.25, 0.3) is 5.91 Å². The van der Waals surface area contributed by atoms with Crippen molar-refractivity contribution in [2.24, 2.45) is 5.92 Å². The molecule has 3 aliphatic heterocycles. The van der Waals surface area contributed by atoms with E-state index in [2.05, 4.69) is 25.4 Å². The standard InChI is InChI=1S/C30H33FN6O3/c31-23-4-5-27-24(17-23)26(35-28(38)25-3-1-2-11-32-25)18-30(40-27)9-15-37(16-10-30)29(39)22-7-13-36(14-8-22)20-21-6-12-33-34-19-21/h1-6,11-12,17,19,22,26H,7-10,13-16,18,20H2,(H,35,38). The Labute approximate surface area is 232 Å². The lowest BCUT2D eigenvalue weighted by Crippen LogP contribution is -2.54. The van der Waals surface area contributed by atoms with Crippen molar-refractivity contribution in [3.05, 3.63) is 83.7 Å². The molecule has 2 saturated heterocycles. The number of piperidine rings is 2. The summed E-state index contributed by atoms with van der Waals surface area (Å²) >= 11 is 0. The van der Waals surface area contributed by atoms with E-state index >= 15 is 0 Å². The summed E-state index contributed by atoms with van der Waals surface area (Å²) in [6.45, 7) is 3.77. The molecule has 0 saturated carbocycles. The molecule has 3 aliphatic rings. The number of rotatable bonds is 5. The van der Waals surface area contributed by atoms with Gasteiger partial charge < -0.3 is 15.0 Å². The summed E-state index contributed by atoms with van der Waals surface area (Å²) in [6, 6.07) is 11.2. The molecule has 0 radical (unpaired) electrons. The van der Waals surface area contributed by atoms with Gasteiger partial charge in [-0.1, -0.05) is 6.07 Å². The lowest BCUT2D eigenvalue weighted by molar-refractivity contribution is -0.141. The summed E-state index contributed by atoms with van der Waals surface area (Å²) in [7, 11) is 0. The monoisotopic (exact) mass is 544 g/mol. The van der Waals surface area contributed by atoms with E-state index in [9.17, 15) is 14.0 Å².